The number of halogens is 1. The Balaban J connectivity index is 1.93. The predicted molar refractivity (Wildman–Crippen MR) is 96.3 cm³/mol. The van der Waals surface area contributed by atoms with Gasteiger partial charge in [-0.05, 0) is 35.4 Å². The average molecular weight is 366 g/mol. The lowest BCUT2D eigenvalue weighted by molar-refractivity contribution is 0.0943. The van der Waals surface area contributed by atoms with Crippen molar-refractivity contribution in [3.8, 4) is 0 Å². The third kappa shape index (κ3) is 3.88. The third-order valence-electron chi connectivity index (χ3n) is 3.65. The average Bonchev–Trinajstić information content (AvgIpc) is 2.62. The molecule has 1 N–H and O–H groups in total. The van der Waals surface area contributed by atoms with E-state index in [-0.39, 0.29) is 11.9 Å². The molecule has 0 spiro atoms. The number of nitrogens with one attached hydrogen (secondary N) is 1. The van der Waals surface area contributed by atoms with Gasteiger partial charge in [0.2, 0.25) is 0 Å². The van der Waals surface area contributed by atoms with Gasteiger partial charge in [0.1, 0.15) is 0 Å². The summed E-state index contributed by atoms with van der Waals surface area (Å²) in [5.41, 5.74) is 2.76. The van der Waals surface area contributed by atoms with Gasteiger partial charge in [-0.15, -0.1) is 0 Å². The fourth-order valence-electron chi connectivity index (χ4n) is 2.46. The number of hydrogen-bond donors (Lipinski definition) is 1. The Labute approximate surface area is 144 Å². The SMILES string of the molecule is O=C(NC(c1ccccc1)c1ccc(Br)cc1)c1ccccc1. The Bertz CT molecular complexity index is 770. The minimum Gasteiger partial charge on any atom is -0.341 e. The van der Waals surface area contributed by atoms with E-state index in [0.717, 1.165) is 15.6 Å². The molecule has 0 bridgehead atoms. The highest BCUT2D eigenvalue weighted by atomic mass is 79.9. The lowest BCUT2D eigenvalue weighted by atomic mass is 9.98. The van der Waals surface area contributed by atoms with Crippen LogP contribution in [-0.2, 0) is 0 Å². The monoisotopic (exact) mass is 365 g/mol. The summed E-state index contributed by atoms with van der Waals surface area (Å²) >= 11 is 3.45. The summed E-state index contributed by atoms with van der Waals surface area (Å²) < 4.78 is 1.02. The molecule has 3 aromatic rings. The van der Waals surface area contributed by atoms with Gasteiger partial charge in [0, 0.05) is 10.0 Å². The molecule has 3 aromatic carbocycles. The van der Waals surface area contributed by atoms with Crippen LogP contribution in [0.5, 0.6) is 0 Å². The second kappa shape index (κ2) is 7.25. The van der Waals surface area contributed by atoms with E-state index < -0.39 is 0 Å². The van der Waals surface area contributed by atoms with Gasteiger partial charge in [-0.3, -0.25) is 4.79 Å². The van der Waals surface area contributed by atoms with E-state index in [2.05, 4.69) is 21.2 Å². The molecule has 1 unspecified atom stereocenters. The van der Waals surface area contributed by atoms with Crippen LogP contribution in [0.4, 0.5) is 0 Å². The van der Waals surface area contributed by atoms with Crippen molar-refractivity contribution in [1.82, 2.24) is 5.32 Å². The Morgan fingerprint density at radius 3 is 1.87 bits per heavy atom. The maximum absolute atomic E-state index is 12.5. The molecule has 0 aliphatic heterocycles. The summed E-state index contributed by atoms with van der Waals surface area (Å²) in [5.74, 6) is -0.0811. The molecule has 0 aliphatic carbocycles. The molecular weight excluding hydrogens is 350 g/mol. The summed E-state index contributed by atoms with van der Waals surface area (Å²) in [5, 5.41) is 3.13. The van der Waals surface area contributed by atoms with E-state index >= 15 is 0 Å². The van der Waals surface area contributed by atoms with Crippen molar-refractivity contribution >= 4 is 21.8 Å². The van der Waals surface area contributed by atoms with Gasteiger partial charge >= 0.3 is 0 Å². The first kappa shape index (κ1) is 15.5. The van der Waals surface area contributed by atoms with Crippen LogP contribution in [0, 0.1) is 0 Å². The molecule has 1 amide bonds. The van der Waals surface area contributed by atoms with Crippen molar-refractivity contribution in [2.24, 2.45) is 0 Å². The Kier molecular flexibility index (Phi) is 4.89. The van der Waals surface area contributed by atoms with Gasteiger partial charge in [-0.1, -0.05) is 76.6 Å². The largest absolute Gasteiger partial charge is 0.341 e. The molecule has 0 saturated heterocycles. The van der Waals surface area contributed by atoms with Crippen molar-refractivity contribution in [2.45, 2.75) is 6.04 Å². The van der Waals surface area contributed by atoms with Gasteiger partial charge in [0.25, 0.3) is 5.91 Å². The number of amides is 1. The van der Waals surface area contributed by atoms with Crippen molar-refractivity contribution in [3.05, 3.63) is 106 Å². The van der Waals surface area contributed by atoms with Crippen LogP contribution in [0.15, 0.2) is 89.4 Å². The smallest absolute Gasteiger partial charge is 0.252 e. The highest BCUT2D eigenvalue weighted by Gasteiger charge is 2.17. The van der Waals surface area contributed by atoms with Gasteiger partial charge in [0.15, 0.2) is 0 Å². The van der Waals surface area contributed by atoms with Gasteiger partial charge in [0.05, 0.1) is 6.04 Å². The standard InChI is InChI=1S/C20H16BrNO/c21-18-13-11-16(12-14-18)19(15-7-3-1-4-8-15)22-20(23)17-9-5-2-6-10-17/h1-14,19H,(H,22,23). The first-order valence-corrected chi connectivity index (χ1v) is 8.19. The lowest BCUT2D eigenvalue weighted by Crippen LogP contribution is -2.29. The molecule has 1 atom stereocenters. The summed E-state index contributed by atoms with van der Waals surface area (Å²) in [4.78, 5) is 12.5. The second-order valence-electron chi connectivity index (χ2n) is 5.23. The van der Waals surface area contributed by atoms with Crippen LogP contribution in [0.3, 0.4) is 0 Å². The van der Waals surface area contributed by atoms with Crippen molar-refractivity contribution in [3.63, 3.8) is 0 Å². The molecule has 0 heterocycles. The molecule has 114 valence electrons. The van der Waals surface area contributed by atoms with Crippen LogP contribution in [0.1, 0.15) is 27.5 Å². The fourth-order valence-corrected chi connectivity index (χ4v) is 2.73. The first-order chi connectivity index (χ1) is 11.2. The number of hydrogen-bond acceptors (Lipinski definition) is 1. The maximum Gasteiger partial charge on any atom is 0.252 e. The van der Waals surface area contributed by atoms with Gasteiger partial charge in [-0.2, -0.15) is 0 Å². The normalized spacial score (nSPS) is 11.7. The first-order valence-electron chi connectivity index (χ1n) is 7.40. The molecular formula is C20H16BrNO. The second-order valence-corrected chi connectivity index (χ2v) is 6.15. The Morgan fingerprint density at radius 2 is 1.26 bits per heavy atom. The zero-order chi connectivity index (χ0) is 16.1. The van der Waals surface area contributed by atoms with Crippen LogP contribution in [-0.4, -0.2) is 5.91 Å². The maximum atomic E-state index is 12.5. The number of carbonyl (C=O) groups is 1. The van der Waals surface area contributed by atoms with Gasteiger partial charge < -0.3 is 5.32 Å². The van der Waals surface area contributed by atoms with Crippen molar-refractivity contribution in [1.29, 1.82) is 0 Å². The molecule has 0 aromatic heterocycles. The molecule has 23 heavy (non-hydrogen) atoms. The highest BCUT2D eigenvalue weighted by molar-refractivity contribution is 9.10. The molecule has 0 aliphatic rings. The lowest BCUT2D eigenvalue weighted by Gasteiger charge is -2.20. The number of carbonyl (C=O) groups excluding carboxylic acids is 1. The van der Waals surface area contributed by atoms with E-state index in [1.54, 1.807) is 0 Å². The minimum absolute atomic E-state index is 0.0811. The quantitative estimate of drug-likeness (QED) is 0.694. The van der Waals surface area contributed by atoms with Gasteiger partial charge in [-0.25, -0.2) is 0 Å². The van der Waals surface area contributed by atoms with Crippen LogP contribution < -0.4 is 5.32 Å². The van der Waals surface area contributed by atoms with E-state index in [1.165, 1.54) is 0 Å². The fraction of sp³-hybridized carbons (Fsp3) is 0.0500. The molecule has 0 radical (unpaired) electrons. The molecule has 0 saturated carbocycles. The van der Waals surface area contributed by atoms with Crippen LogP contribution >= 0.6 is 15.9 Å². The summed E-state index contributed by atoms with van der Waals surface area (Å²) in [6, 6.07) is 27.1. The van der Waals surface area contributed by atoms with E-state index in [4.69, 9.17) is 0 Å². The summed E-state index contributed by atoms with van der Waals surface area (Å²) in [6.45, 7) is 0. The zero-order valence-corrected chi connectivity index (χ0v) is 14.0. The van der Waals surface area contributed by atoms with Crippen LogP contribution in [0.2, 0.25) is 0 Å². The Hall–Kier alpha value is -2.39. The van der Waals surface area contributed by atoms with E-state index in [9.17, 15) is 4.79 Å². The zero-order valence-electron chi connectivity index (χ0n) is 12.4. The summed E-state index contributed by atoms with van der Waals surface area (Å²) in [6.07, 6.45) is 0. The predicted octanol–water partition coefficient (Wildman–Crippen LogP) is 4.97. The van der Waals surface area contributed by atoms with Crippen LogP contribution in [0.25, 0.3) is 0 Å². The van der Waals surface area contributed by atoms with Crippen molar-refractivity contribution < 1.29 is 4.79 Å². The number of benzene rings is 3. The molecule has 2 nitrogen and oxygen atoms in total. The topological polar surface area (TPSA) is 29.1 Å². The van der Waals surface area contributed by atoms with Crippen molar-refractivity contribution in [2.75, 3.05) is 0 Å². The molecule has 3 heteroatoms. The minimum atomic E-state index is -0.183. The summed E-state index contributed by atoms with van der Waals surface area (Å²) in [7, 11) is 0. The molecule has 3 rings (SSSR count). The third-order valence-corrected chi connectivity index (χ3v) is 4.18. The van der Waals surface area contributed by atoms with E-state index in [0.29, 0.717) is 5.56 Å². The Morgan fingerprint density at radius 1 is 0.739 bits per heavy atom. The highest BCUT2D eigenvalue weighted by Crippen LogP contribution is 2.24. The number of rotatable bonds is 4. The van der Waals surface area contributed by atoms with E-state index in [1.807, 2.05) is 84.9 Å². The molecule has 0 fully saturated rings.